The first-order valence-corrected chi connectivity index (χ1v) is 7.03. The summed E-state index contributed by atoms with van der Waals surface area (Å²) in [6, 6.07) is 0.947. The van der Waals surface area contributed by atoms with Gasteiger partial charge in [-0.05, 0) is 44.9 Å². The maximum Gasteiger partial charge on any atom is 0.391 e. The summed E-state index contributed by atoms with van der Waals surface area (Å²) >= 11 is 0. The highest BCUT2D eigenvalue weighted by atomic mass is 19.4. The van der Waals surface area contributed by atoms with Gasteiger partial charge in [-0.25, -0.2) is 0 Å². The molecule has 0 saturated heterocycles. The summed E-state index contributed by atoms with van der Waals surface area (Å²) < 4.78 is 37.6. The highest BCUT2D eigenvalue weighted by Gasteiger charge is 2.41. The van der Waals surface area contributed by atoms with Gasteiger partial charge >= 0.3 is 6.18 Å². The molecule has 2 nitrogen and oxygen atoms in total. The Morgan fingerprint density at radius 1 is 0.889 bits per heavy atom. The van der Waals surface area contributed by atoms with Crippen LogP contribution in [0.2, 0.25) is 0 Å². The minimum absolute atomic E-state index is 0.263. The van der Waals surface area contributed by atoms with Crippen molar-refractivity contribution in [3.8, 4) is 0 Å². The summed E-state index contributed by atoms with van der Waals surface area (Å²) in [6.07, 6.45) is 2.16. The fourth-order valence-corrected chi connectivity index (χ4v) is 3.30. The average Bonchev–Trinajstić information content (AvgIpc) is 2.28. The first-order valence-electron chi connectivity index (χ1n) is 7.03. The Kier molecular flexibility index (Phi) is 4.54. The van der Waals surface area contributed by atoms with Gasteiger partial charge in [-0.15, -0.1) is 0 Å². The number of alkyl halides is 3. The molecule has 0 spiro atoms. The van der Waals surface area contributed by atoms with E-state index in [1.807, 2.05) is 0 Å². The van der Waals surface area contributed by atoms with Gasteiger partial charge in [0, 0.05) is 18.1 Å². The van der Waals surface area contributed by atoms with Gasteiger partial charge in [0.15, 0.2) is 0 Å². The number of halogens is 3. The van der Waals surface area contributed by atoms with Crippen LogP contribution in [0.1, 0.15) is 51.4 Å². The lowest BCUT2D eigenvalue weighted by Gasteiger charge is -2.35. The van der Waals surface area contributed by atoms with Gasteiger partial charge in [-0.3, -0.25) is 0 Å². The van der Waals surface area contributed by atoms with E-state index in [0.717, 1.165) is 25.7 Å². The third-order valence-electron chi connectivity index (χ3n) is 4.38. The van der Waals surface area contributed by atoms with Crippen LogP contribution >= 0.6 is 0 Å². The third-order valence-corrected chi connectivity index (χ3v) is 4.38. The molecule has 2 aliphatic rings. The van der Waals surface area contributed by atoms with E-state index in [-0.39, 0.29) is 24.9 Å². The van der Waals surface area contributed by atoms with Crippen molar-refractivity contribution in [2.45, 2.75) is 75.7 Å². The Morgan fingerprint density at radius 3 is 2.11 bits per heavy atom. The topological polar surface area (TPSA) is 38.0 Å². The third kappa shape index (κ3) is 3.85. The Morgan fingerprint density at radius 2 is 1.56 bits per heavy atom. The van der Waals surface area contributed by atoms with E-state index in [9.17, 15) is 13.2 Å². The summed E-state index contributed by atoms with van der Waals surface area (Å²) in [6.45, 7) is 0. The quantitative estimate of drug-likeness (QED) is 0.804. The number of hydrogen-bond acceptors (Lipinski definition) is 2. The predicted octanol–water partition coefficient (Wildman–Crippen LogP) is 2.97. The molecule has 2 aliphatic carbocycles. The van der Waals surface area contributed by atoms with Crippen molar-refractivity contribution in [2.24, 2.45) is 11.7 Å². The van der Waals surface area contributed by atoms with Crippen LogP contribution in [0, 0.1) is 5.92 Å². The monoisotopic (exact) mass is 264 g/mol. The van der Waals surface area contributed by atoms with E-state index in [4.69, 9.17) is 5.73 Å². The van der Waals surface area contributed by atoms with Crippen molar-refractivity contribution in [1.29, 1.82) is 0 Å². The minimum Gasteiger partial charge on any atom is -0.328 e. The molecule has 2 fully saturated rings. The smallest absolute Gasteiger partial charge is 0.328 e. The largest absolute Gasteiger partial charge is 0.391 e. The SMILES string of the molecule is NC1CCCC(NC2CCC(C(F)(F)F)CC2)C1. The van der Waals surface area contributed by atoms with Crippen LogP contribution in [0.3, 0.4) is 0 Å². The molecule has 0 aromatic carbocycles. The highest BCUT2D eigenvalue weighted by molar-refractivity contribution is 4.86. The summed E-state index contributed by atoms with van der Waals surface area (Å²) in [5.74, 6) is -1.08. The van der Waals surface area contributed by atoms with Crippen molar-refractivity contribution in [3.05, 3.63) is 0 Å². The van der Waals surface area contributed by atoms with E-state index in [0.29, 0.717) is 18.9 Å². The summed E-state index contributed by atoms with van der Waals surface area (Å²) in [5, 5.41) is 3.51. The van der Waals surface area contributed by atoms with Gasteiger partial charge in [0.2, 0.25) is 0 Å². The van der Waals surface area contributed by atoms with Gasteiger partial charge < -0.3 is 11.1 Å². The van der Waals surface area contributed by atoms with Gasteiger partial charge in [0.05, 0.1) is 5.92 Å². The van der Waals surface area contributed by atoms with Crippen molar-refractivity contribution >= 4 is 0 Å². The molecule has 3 N–H and O–H groups in total. The van der Waals surface area contributed by atoms with Gasteiger partial charge in [0.1, 0.15) is 0 Å². The second-order valence-corrected chi connectivity index (χ2v) is 5.88. The Labute approximate surface area is 106 Å². The molecule has 5 heteroatoms. The van der Waals surface area contributed by atoms with E-state index >= 15 is 0 Å². The normalized spacial score (nSPS) is 38.7. The van der Waals surface area contributed by atoms with Crippen molar-refractivity contribution in [1.82, 2.24) is 5.32 Å². The number of hydrogen-bond donors (Lipinski definition) is 2. The number of rotatable bonds is 2. The average molecular weight is 264 g/mol. The van der Waals surface area contributed by atoms with Crippen LogP contribution in [0.25, 0.3) is 0 Å². The fourth-order valence-electron chi connectivity index (χ4n) is 3.30. The summed E-state index contributed by atoms with van der Waals surface area (Å²) in [5.41, 5.74) is 5.92. The molecule has 0 amide bonds. The van der Waals surface area contributed by atoms with Crippen LogP contribution < -0.4 is 11.1 Å². The maximum atomic E-state index is 12.5. The van der Waals surface area contributed by atoms with Gasteiger partial charge in [-0.2, -0.15) is 13.2 Å². The molecule has 2 saturated carbocycles. The lowest BCUT2D eigenvalue weighted by atomic mass is 9.84. The zero-order chi connectivity index (χ0) is 13.2. The number of nitrogens with two attached hydrogens (primary N) is 1. The summed E-state index contributed by atoms with van der Waals surface area (Å²) in [7, 11) is 0. The van der Waals surface area contributed by atoms with Crippen LogP contribution in [-0.4, -0.2) is 24.3 Å². The molecule has 106 valence electrons. The van der Waals surface area contributed by atoms with E-state index in [1.165, 1.54) is 0 Å². The standard InChI is InChI=1S/C13H23F3N2/c14-13(15,16)9-4-6-11(7-5-9)18-12-3-1-2-10(17)8-12/h9-12,18H,1-8,17H2. The van der Waals surface area contributed by atoms with Crippen LogP contribution in [0.5, 0.6) is 0 Å². The lowest BCUT2D eigenvalue weighted by Crippen LogP contribution is -2.46. The van der Waals surface area contributed by atoms with E-state index in [1.54, 1.807) is 0 Å². The van der Waals surface area contributed by atoms with E-state index < -0.39 is 12.1 Å². The molecular formula is C13H23F3N2. The molecule has 0 bridgehead atoms. The molecule has 2 rings (SSSR count). The van der Waals surface area contributed by atoms with Crippen molar-refractivity contribution in [2.75, 3.05) is 0 Å². The van der Waals surface area contributed by atoms with Crippen LogP contribution in [-0.2, 0) is 0 Å². The molecule has 2 atom stereocenters. The maximum absolute atomic E-state index is 12.5. The van der Waals surface area contributed by atoms with Crippen LogP contribution in [0.4, 0.5) is 13.2 Å². The van der Waals surface area contributed by atoms with Crippen molar-refractivity contribution in [3.63, 3.8) is 0 Å². The molecule has 0 radical (unpaired) electrons. The minimum atomic E-state index is -4.00. The first kappa shape index (κ1) is 14.1. The first-order chi connectivity index (χ1) is 8.45. The molecule has 2 unspecified atom stereocenters. The van der Waals surface area contributed by atoms with E-state index in [2.05, 4.69) is 5.32 Å². The van der Waals surface area contributed by atoms with Crippen LogP contribution in [0.15, 0.2) is 0 Å². The van der Waals surface area contributed by atoms with Gasteiger partial charge in [0.25, 0.3) is 0 Å². The van der Waals surface area contributed by atoms with Gasteiger partial charge in [-0.1, -0.05) is 6.42 Å². The zero-order valence-electron chi connectivity index (χ0n) is 10.7. The lowest BCUT2D eigenvalue weighted by molar-refractivity contribution is -0.182. The molecule has 0 aromatic heterocycles. The highest BCUT2D eigenvalue weighted by Crippen LogP contribution is 2.37. The zero-order valence-corrected chi connectivity index (χ0v) is 10.7. The number of nitrogens with one attached hydrogen (secondary N) is 1. The second kappa shape index (κ2) is 5.78. The Bertz CT molecular complexity index is 259. The molecular weight excluding hydrogens is 241 g/mol. The molecule has 0 aromatic rings. The molecule has 18 heavy (non-hydrogen) atoms. The summed E-state index contributed by atoms with van der Waals surface area (Å²) in [4.78, 5) is 0. The second-order valence-electron chi connectivity index (χ2n) is 5.88. The van der Waals surface area contributed by atoms with Crippen molar-refractivity contribution < 1.29 is 13.2 Å². The Balaban J connectivity index is 1.73. The molecule has 0 aliphatic heterocycles. The predicted molar refractivity (Wildman–Crippen MR) is 65.2 cm³/mol. The Hall–Kier alpha value is -0.290. The fraction of sp³-hybridized carbons (Fsp3) is 1.00. The molecule has 0 heterocycles.